The summed E-state index contributed by atoms with van der Waals surface area (Å²) >= 11 is 0. The number of rotatable bonds is 6. The summed E-state index contributed by atoms with van der Waals surface area (Å²) in [6, 6.07) is 4.65. The van der Waals surface area contributed by atoms with Gasteiger partial charge in [-0.25, -0.2) is 0 Å². The molecule has 0 aromatic carbocycles. The number of furan rings is 1. The Labute approximate surface area is 121 Å². The van der Waals surface area contributed by atoms with Crippen molar-refractivity contribution >= 4 is 17.6 Å². The van der Waals surface area contributed by atoms with Crippen LogP contribution in [-0.4, -0.2) is 34.5 Å². The van der Waals surface area contributed by atoms with Crippen LogP contribution in [0.3, 0.4) is 0 Å². The van der Waals surface area contributed by atoms with Crippen molar-refractivity contribution in [3.8, 4) is 0 Å². The Bertz CT molecular complexity index is 577. The lowest BCUT2D eigenvalue weighted by molar-refractivity contribution is -0.117. The molecule has 0 saturated heterocycles. The van der Waals surface area contributed by atoms with Gasteiger partial charge in [0.15, 0.2) is 11.6 Å². The zero-order chi connectivity index (χ0) is 15.2. The zero-order valence-electron chi connectivity index (χ0n) is 11.9. The van der Waals surface area contributed by atoms with Gasteiger partial charge in [-0.2, -0.15) is 0 Å². The van der Waals surface area contributed by atoms with Crippen molar-refractivity contribution < 1.29 is 18.5 Å². The van der Waals surface area contributed by atoms with E-state index in [2.05, 4.69) is 15.0 Å². The number of nitrogens with one attached hydrogen (secondary N) is 1. The van der Waals surface area contributed by atoms with Gasteiger partial charge in [-0.1, -0.05) is 12.1 Å². The third-order valence-corrected chi connectivity index (χ3v) is 3.13. The van der Waals surface area contributed by atoms with Crippen molar-refractivity contribution in [2.24, 2.45) is 0 Å². The van der Waals surface area contributed by atoms with Crippen LogP contribution in [0.4, 0.5) is 5.82 Å². The summed E-state index contributed by atoms with van der Waals surface area (Å²) in [6.07, 6.45) is 3.51. The van der Waals surface area contributed by atoms with E-state index in [-0.39, 0.29) is 30.2 Å². The van der Waals surface area contributed by atoms with Gasteiger partial charge in [0.25, 0.3) is 5.91 Å². The number of anilines is 1. The predicted molar refractivity (Wildman–Crippen MR) is 74.6 cm³/mol. The monoisotopic (exact) mass is 291 g/mol. The Morgan fingerprint density at radius 2 is 2.19 bits per heavy atom. The van der Waals surface area contributed by atoms with Crippen LogP contribution in [0.5, 0.6) is 0 Å². The summed E-state index contributed by atoms with van der Waals surface area (Å²) < 4.78 is 9.74. The normalized spacial score (nSPS) is 11.9. The lowest BCUT2D eigenvalue weighted by atomic mass is 10.2. The van der Waals surface area contributed by atoms with Crippen LogP contribution in [-0.2, 0) is 4.79 Å². The number of aromatic nitrogens is 1. The third kappa shape index (κ3) is 3.71. The van der Waals surface area contributed by atoms with Gasteiger partial charge in [0, 0.05) is 12.1 Å². The lowest BCUT2D eigenvalue weighted by Crippen LogP contribution is -2.43. The highest BCUT2D eigenvalue weighted by Crippen LogP contribution is 2.12. The standard InChI is InChI=1S/C14H17N3O4/c1-3-10(2)17(14(19)11-5-4-7-20-11)9-13(18)15-12-6-8-21-16-12/h4-8,10H,3,9H2,1-2H3,(H,15,16,18). The maximum Gasteiger partial charge on any atom is 0.290 e. The molecule has 1 N–H and O–H groups in total. The first-order valence-electron chi connectivity index (χ1n) is 6.66. The SMILES string of the molecule is CCC(C)N(CC(=O)Nc1ccon1)C(=O)c1ccco1. The van der Waals surface area contributed by atoms with Gasteiger partial charge in [-0.3, -0.25) is 9.59 Å². The smallest absolute Gasteiger partial charge is 0.290 e. The van der Waals surface area contributed by atoms with Gasteiger partial charge in [0.2, 0.25) is 5.91 Å². The summed E-state index contributed by atoms with van der Waals surface area (Å²) in [6.45, 7) is 3.74. The van der Waals surface area contributed by atoms with Crippen LogP contribution in [0.1, 0.15) is 30.8 Å². The molecule has 2 heterocycles. The molecule has 0 aliphatic rings. The Balaban J connectivity index is 2.06. The highest BCUT2D eigenvalue weighted by Gasteiger charge is 2.25. The summed E-state index contributed by atoms with van der Waals surface area (Å²) in [4.78, 5) is 25.8. The molecule has 1 atom stereocenters. The molecule has 2 amide bonds. The highest BCUT2D eigenvalue weighted by molar-refractivity contribution is 5.97. The third-order valence-electron chi connectivity index (χ3n) is 3.13. The van der Waals surface area contributed by atoms with Crippen LogP contribution >= 0.6 is 0 Å². The second-order valence-corrected chi connectivity index (χ2v) is 4.60. The van der Waals surface area contributed by atoms with E-state index in [4.69, 9.17) is 4.42 Å². The fraction of sp³-hybridized carbons (Fsp3) is 0.357. The molecule has 0 aliphatic carbocycles. The van der Waals surface area contributed by atoms with Crippen LogP contribution in [0.15, 0.2) is 39.7 Å². The molecule has 0 fully saturated rings. The summed E-state index contributed by atoms with van der Waals surface area (Å²) in [7, 11) is 0. The maximum absolute atomic E-state index is 12.4. The van der Waals surface area contributed by atoms with Crippen LogP contribution in [0.2, 0.25) is 0 Å². The molecule has 2 aromatic heterocycles. The summed E-state index contributed by atoms with van der Waals surface area (Å²) in [5.41, 5.74) is 0. The maximum atomic E-state index is 12.4. The summed E-state index contributed by atoms with van der Waals surface area (Å²) in [5.74, 6) is -0.132. The van der Waals surface area contributed by atoms with E-state index >= 15 is 0 Å². The Kier molecular flexibility index (Phi) is 4.76. The molecular weight excluding hydrogens is 274 g/mol. The van der Waals surface area contributed by atoms with Gasteiger partial charge in [-0.05, 0) is 25.5 Å². The van der Waals surface area contributed by atoms with E-state index in [1.165, 1.54) is 23.5 Å². The molecule has 0 radical (unpaired) electrons. The van der Waals surface area contributed by atoms with Crippen molar-refractivity contribution in [3.63, 3.8) is 0 Å². The molecule has 1 unspecified atom stereocenters. The summed E-state index contributed by atoms with van der Waals surface area (Å²) in [5, 5.41) is 6.16. The number of amides is 2. The van der Waals surface area contributed by atoms with Crippen LogP contribution < -0.4 is 5.32 Å². The van der Waals surface area contributed by atoms with Crippen LogP contribution in [0, 0.1) is 0 Å². The molecule has 0 spiro atoms. The number of nitrogens with zero attached hydrogens (tertiary/aromatic N) is 2. The van der Waals surface area contributed by atoms with Crippen molar-refractivity contribution in [3.05, 3.63) is 36.5 Å². The lowest BCUT2D eigenvalue weighted by Gasteiger charge is -2.26. The minimum Gasteiger partial charge on any atom is -0.459 e. The van der Waals surface area contributed by atoms with Crippen molar-refractivity contribution in [1.82, 2.24) is 10.1 Å². The molecule has 21 heavy (non-hydrogen) atoms. The molecule has 2 rings (SSSR count). The first kappa shape index (κ1) is 14.8. The largest absolute Gasteiger partial charge is 0.459 e. The van der Waals surface area contributed by atoms with Gasteiger partial charge < -0.3 is 19.2 Å². The minimum absolute atomic E-state index is 0.0819. The fourth-order valence-corrected chi connectivity index (χ4v) is 1.80. The van der Waals surface area contributed by atoms with Gasteiger partial charge in [0.1, 0.15) is 12.8 Å². The van der Waals surface area contributed by atoms with Crippen molar-refractivity contribution in [2.45, 2.75) is 26.3 Å². The number of carbonyl (C=O) groups excluding carboxylic acids is 2. The fourth-order valence-electron chi connectivity index (χ4n) is 1.80. The van der Waals surface area contributed by atoms with E-state index in [1.54, 1.807) is 12.1 Å². The van der Waals surface area contributed by atoms with E-state index in [9.17, 15) is 9.59 Å². The van der Waals surface area contributed by atoms with E-state index in [0.29, 0.717) is 5.82 Å². The number of carbonyl (C=O) groups is 2. The average molecular weight is 291 g/mol. The molecule has 0 saturated carbocycles. The van der Waals surface area contributed by atoms with Gasteiger partial charge in [0.05, 0.1) is 6.26 Å². The Morgan fingerprint density at radius 3 is 2.76 bits per heavy atom. The first-order valence-corrected chi connectivity index (χ1v) is 6.66. The van der Waals surface area contributed by atoms with Crippen molar-refractivity contribution in [1.29, 1.82) is 0 Å². The molecular formula is C14H17N3O4. The molecule has 0 aliphatic heterocycles. The number of hydrogen-bond acceptors (Lipinski definition) is 5. The topological polar surface area (TPSA) is 88.6 Å². The van der Waals surface area contributed by atoms with Gasteiger partial charge in [-0.15, -0.1) is 0 Å². The Hall–Kier alpha value is -2.57. The van der Waals surface area contributed by atoms with Gasteiger partial charge >= 0.3 is 0 Å². The predicted octanol–water partition coefficient (Wildman–Crippen LogP) is 2.15. The minimum atomic E-state index is -0.343. The molecule has 2 aromatic rings. The second-order valence-electron chi connectivity index (χ2n) is 4.60. The van der Waals surface area contributed by atoms with Crippen molar-refractivity contribution in [2.75, 3.05) is 11.9 Å². The molecule has 7 nitrogen and oxygen atoms in total. The molecule has 112 valence electrons. The average Bonchev–Trinajstić information content (AvgIpc) is 3.16. The van der Waals surface area contributed by atoms with E-state index in [1.807, 2.05) is 13.8 Å². The van der Waals surface area contributed by atoms with E-state index < -0.39 is 0 Å². The van der Waals surface area contributed by atoms with Crippen LogP contribution in [0.25, 0.3) is 0 Å². The zero-order valence-corrected chi connectivity index (χ0v) is 11.9. The first-order chi connectivity index (χ1) is 10.1. The second kappa shape index (κ2) is 6.74. The highest BCUT2D eigenvalue weighted by atomic mass is 16.5. The Morgan fingerprint density at radius 1 is 1.38 bits per heavy atom. The number of hydrogen-bond donors (Lipinski definition) is 1. The van der Waals surface area contributed by atoms with E-state index in [0.717, 1.165) is 6.42 Å². The quantitative estimate of drug-likeness (QED) is 0.880. The molecule has 0 bridgehead atoms. The molecule has 7 heteroatoms.